The molecule has 1 saturated heterocycles. The number of carbonyl (C=O) groups is 1. The number of amides is 1. The predicted molar refractivity (Wildman–Crippen MR) is 63.2 cm³/mol. The number of aromatic nitrogens is 1. The zero-order chi connectivity index (χ0) is 12.4. The molecule has 0 spiro atoms. The molecule has 88 valence electrons. The number of anilines is 2. The number of rotatable bonds is 1. The van der Waals surface area contributed by atoms with Crippen LogP contribution in [0.15, 0.2) is 12.3 Å². The molecule has 2 rings (SSSR count). The number of nitrogen functional groups attached to an aromatic ring is 1. The fourth-order valence-electron chi connectivity index (χ4n) is 1.86. The summed E-state index contributed by atoms with van der Waals surface area (Å²) in [6, 6.07) is 3.30. The van der Waals surface area contributed by atoms with Crippen LogP contribution < -0.4 is 16.0 Å². The van der Waals surface area contributed by atoms with Gasteiger partial charge in [0, 0.05) is 13.1 Å². The minimum Gasteiger partial charge on any atom is -0.397 e. The van der Waals surface area contributed by atoms with Gasteiger partial charge in [0.2, 0.25) is 5.91 Å². The molecule has 0 bridgehead atoms. The van der Waals surface area contributed by atoms with Gasteiger partial charge in [-0.3, -0.25) is 4.79 Å². The Labute approximate surface area is 99.0 Å². The van der Waals surface area contributed by atoms with Crippen molar-refractivity contribution in [1.82, 2.24) is 10.3 Å². The molecular formula is C11H13N5O. The SMILES string of the molecule is CC1C(=O)NCCN1c1ncc(N)cc1C#N. The highest BCUT2D eigenvalue weighted by Crippen LogP contribution is 2.22. The van der Waals surface area contributed by atoms with Crippen molar-refractivity contribution < 1.29 is 4.79 Å². The Kier molecular flexibility index (Phi) is 2.83. The first-order chi connectivity index (χ1) is 8.13. The minimum atomic E-state index is -0.327. The third kappa shape index (κ3) is 1.99. The summed E-state index contributed by atoms with van der Waals surface area (Å²) in [7, 11) is 0. The number of hydrogen-bond donors (Lipinski definition) is 2. The highest BCUT2D eigenvalue weighted by Gasteiger charge is 2.28. The van der Waals surface area contributed by atoms with Crippen LogP contribution in [0.3, 0.4) is 0 Å². The summed E-state index contributed by atoms with van der Waals surface area (Å²) in [6.07, 6.45) is 1.50. The van der Waals surface area contributed by atoms with Gasteiger partial charge in [0.1, 0.15) is 17.9 Å². The standard InChI is InChI=1S/C11H13N5O/c1-7-11(17)14-2-3-16(7)10-8(5-12)4-9(13)6-15-10/h4,6-7H,2-3,13H2,1H3,(H,14,17). The Morgan fingerprint density at radius 1 is 1.71 bits per heavy atom. The average Bonchev–Trinajstić information content (AvgIpc) is 2.33. The van der Waals surface area contributed by atoms with E-state index in [0.29, 0.717) is 30.2 Å². The van der Waals surface area contributed by atoms with E-state index in [1.165, 1.54) is 6.20 Å². The molecule has 3 N–H and O–H groups in total. The van der Waals surface area contributed by atoms with E-state index >= 15 is 0 Å². The number of nitrogens with one attached hydrogen (secondary N) is 1. The van der Waals surface area contributed by atoms with Gasteiger partial charge in [0.05, 0.1) is 17.4 Å². The molecule has 1 unspecified atom stereocenters. The zero-order valence-corrected chi connectivity index (χ0v) is 9.47. The summed E-state index contributed by atoms with van der Waals surface area (Å²) < 4.78 is 0. The molecule has 0 aromatic carbocycles. The lowest BCUT2D eigenvalue weighted by molar-refractivity contribution is -0.122. The topological polar surface area (TPSA) is 95.0 Å². The number of nitrogens with zero attached hydrogens (tertiary/aromatic N) is 3. The molecule has 2 heterocycles. The second kappa shape index (κ2) is 4.29. The average molecular weight is 231 g/mol. The minimum absolute atomic E-state index is 0.0567. The maximum absolute atomic E-state index is 11.6. The Morgan fingerprint density at radius 2 is 2.47 bits per heavy atom. The van der Waals surface area contributed by atoms with Gasteiger partial charge in [-0.1, -0.05) is 0 Å². The molecule has 1 fully saturated rings. The molecule has 6 heteroatoms. The van der Waals surface area contributed by atoms with Crippen LogP contribution in [-0.4, -0.2) is 30.0 Å². The number of pyridine rings is 1. The first kappa shape index (κ1) is 11.2. The Hall–Kier alpha value is -2.29. The second-order valence-electron chi connectivity index (χ2n) is 3.91. The van der Waals surface area contributed by atoms with Gasteiger partial charge < -0.3 is 16.0 Å². The summed E-state index contributed by atoms with van der Waals surface area (Å²) in [5, 5.41) is 11.8. The van der Waals surface area contributed by atoms with E-state index < -0.39 is 0 Å². The predicted octanol–water partition coefficient (Wildman–Crippen LogP) is -0.140. The molecule has 1 aromatic rings. The van der Waals surface area contributed by atoms with E-state index in [9.17, 15) is 4.79 Å². The largest absolute Gasteiger partial charge is 0.397 e. The fourth-order valence-corrected chi connectivity index (χ4v) is 1.86. The molecule has 6 nitrogen and oxygen atoms in total. The third-order valence-electron chi connectivity index (χ3n) is 2.78. The quantitative estimate of drug-likeness (QED) is 0.701. The van der Waals surface area contributed by atoms with Crippen LogP contribution in [0.5, 0.6) is 0 Å². The van der Waals surface area contributed by atoms with E-state index in [1.807, 2.05) is 4.90 Å². The Morgan fingerprint density at radius 3 is 3.18 bits per heavy atom. The van der Waals surface area contributed by atoms with Gasteiger partial charge >= 0.3 is 0 Å². The molecule has 1 amide bonds. The summed E-state index contributed by atoms with van der Waals surface area (Å²) in [6.45, 7) is 2.98. The molecule has 0 aliphatic carbocycles. The van der Waals surface area contributed by atoms with E-state index in [-0.39, 0.29) is 11.9 Å². The number of hydrogen-bond acceptors (Lipinski definition) is 5. The van der Waals surface area contributed by atoms with E-state index in [1.54, 1.807) is 13.0 Å². The molecular weight excluding hydrogens is 218 g/mol. The Bertz CT molecular complexity index is 493. The fraction of sp³-hybridized carbons (Fsp3) is 0.364. The van der Waals surface area contributed by atoms with Crippen LogP contribution >= 0.6 is 0 Å². The van der Waals surface area contributed by atoms with Crippen molar-refractivity contribution in [3.8, 4) is 6.07 Å². The smallest absolute Gasteiger partial charge is 0.242 e. The summed E-state index contributed by atoms with van der Waals surface area (Å²) >= 11 is 0. The van der Waals surface area contributed by atoms with Crippen molar-refractivity contribution in [2.75, 3.05) is 23.7 Å². The molecule has 0 radical (unpaired) electrons. The van der Waals surface area contributed by atoms with Gasteiger partial charge in [-0.25, -0.2) is 4.98 Å². The van der Waals surface area contributed by atoms with Crippen LogP contribution in [-0.2, 0) is 4.79 Å². The van der Waals surface area contributed by atoms with Crippen molar-refractivity contribution in [2.24, 2.45) is 0 Å². The van der Waals surface area contributed by atoms with Crippen LogP contribution in [0.4, 0.5) is 11.5 Å². The van der Waals surface area contributed by atoms with Crippen molar-refractivity contribution in [2.45, 2.75) is 13.0 Å². The zero-order valence-electron chi connectivity index (χ0n) is 9.47. The van der Waals surface area contributed by atoms with Gasteiger partial charge in [0.25, 0.3) is 0 Å². The van der Waals surface area contributed by atoms with Gasteiger partial charge in [-0.2, -0.15) is 5.26 Å². The van der Waals surface area contributed by atoms with E-state index in [0.717, 1.165) is 0 Å². The van der Waals surface area contributed by atoms with Crippen LogP contribution in [0, 0.1) is 11.3 Å². The third-order valence-corrected chi connectivity index (χ3v) is 2.78. The second-order valence-corrected chi connectivity index (χ2v) is 3.91. The van der Waals surface area contributed by atoms with Crippen molar-refractivity contribution in [3.05, 3.63) is 17.8 Å². The van der Waals surface area contributed by atoms with Crippen LogP contribution in [0.1, 0.15) is 12.5 Å². The van der Waals surface area contributed by atoms with Crippen molar-refractivity contribution in [1.29, 1.82) is 5.26 Å². The maximum Gasteiger partial charge on any atom is 0.242 e. The van der Waals surface area contributed by atoms with Gasteiger partial charge in [-0.05, 0) is 13.0 Å². The Balaban J connectivity index is 2.40. The van der Waals surface area contributed by atoms with Gasteiger partial charge in [-0.15, -0.1) is 0 Å². The van der Waals surface area contributed by atoms with E-state index in [2.05, 4.69) is 16.4 Å². The van der Waals surface area contributed by atoms with E-state index in [4.69, 9.17) is 11.0 Å². The molecule has 1 atom stereocenters. The summed E-state index contributed by atoms with van der Waals surface area (Å²) in [4.78, 5) is 17.5. The normalized spacial score (nSPS) is 19.6. The molecule has 1 aromatic heterocycles. The van der Waals surface area contributed by atoms with Crippen molar-refractivity contribution in [3.63, 3.8) is 0 Å². The summed E-state index contributed by atoms with van der Waals surface area (Å²) in [5.41, 5.74) is 6.42. The highest BCUT2D eigenvalue weighted by atomic mass is 16.2. The molecule has 0 saturated carbocycles. The number of nitrogens with two attached hydrogens (primary N) is 1. The lowest BCUT2D eigenvalue weighted by Gasteiger charge is -2.34. The summed E-state index contributed by atoms with van der Waals surface area (Å²) in [5.74, 6) is 0.461. The molecule has 1 aliphatic heterocycles. The van der Waals surface area contributed by atoms with Crippen molar-refractivity contribution >= 4 is 17.4 Å². The molecule has 1 aliphatic rings. The van der Waals surface area contributed by atoms with Gasteiger partial charge in [0.15, 0.2) is 0 Å². The molecule has 17 heavy (non-hydrogen) atoms. The maximum atomic E-state index is 11.6. The number of piperazine rings is 1. The number of carbonyl (C=O) groups excluding carboxylic acids is 1. The first-order valence-corrected chi connectivity index (χ1v) is 5.33. The van der Waals surface area contributed by atoms with Crippen LogP contribution in [0.25, 0.3) is 0 Å². The van der Waals surface area contributed by atoms with Crippen LogP contribution in [0.2, 0.25) is 0 Å². The lowest BCUT2D eigenvalue weighted by Crippen LogP contribution is -2.54. The number of nitriles is 1. The monoisotopic (exact) mass is 231 g/mol. The lowest BCUT2D eigenvalue weighted by atomic mass is 10.1. The first-order valence-electron chi connectivity index (χ1n) is 5.33. The highest BCUT2D eigenvalue weighted by molar-refractivity contribution is 5.86.